The van der Waals surface area contributed by atoms with Crippen LogP contribution in [0.1, 0.15) is 29.8 Å². The van der Waals surface area contributed by atoms with Crippen LogP contribution < -0.4 is 10.1 Å². The highest BCUT2D eigenvalue weighted by Crippen LogP contribution is 2.25. The Hall–Kier alpha value is -2.56. The second-order valence-corrected chi connectivity index (χ2v) is 6.06. The predicted molar refractivity (Wildman–Crippen MR) is 93.2 cm³/mol. The molecule has 0 saturated carbocycles. The molecule has 0 fully saturated rings. The molecule has 1 aliphatic heterocycles. The van der Waals surface area contributed by atoms with E-state index < -0.39 is 0 Å². The van der Waals surface area contributed by atoms with Gasteiger partial charge in [0.1, 0.15) is 5.75 Å². The number of fused-ring (bicyclic) bond motifs is 1. The van der Waals surface area contributed by atoms with Gasteiger partial charge in [0.15, 0.2) is 0 Å². The Labute approximate surface area is 142 Å². The maximum Gasteiger partial charge on any atom is 0.317 e. The summed E-state index contributed by atoms with van der Waals surface area (Å²) >= 11 is 0. The van der Waals surface area contributed by atoms with Crippen LogP contribution in [0, 0.1) is 0 Å². The summed E-state index contributed by atoms with van der Waals surface area (Å²) in [6.45, 7) is 3.35. The van der Waals surface area contributed by atoms with Crippen molar-refractivity contribution in [1.82, 2.24) is 15.2 Å². The van der Waals surface area contributed by atoms with Crippen LogP contribution in [0.4, 0.5) is 4.79 Å². The number of pyridine rings is 1. The van der Waals surface area contributed by atoms with Gasteiger partial charge in [-0.1, -0.05) is 18.2 Å². The summed E-state index contributed by atoms with van der Waals surface area (Å²) in [5.74, 6) is 0.992. The number of nitrogens with one attached hydrogen (secondary N) is 1. The Bertz CT molecular complexity index is 703. The van der Waals surface area contributed by atoms with Gasteiger partial charge in [0.25, 0.3) is 0 Å². The quantitative estimate of drug-likeness (QED) is 0.919. The third-order valence-corrected chi connectivity index (χ3v) is 4.46. The zero-order valence-electron chi connectivity index (χ0n) is 14.2. The highest BCUT2D eigenvalue weighted by molar-refractivity contribution is 5.74. The van der Waals surface area contributed by atoms with Crippen LogP contribution >= 0.6 is 0 Å². The molecule has 126 valence electrons. The van der Waals surface area contributed by atoms with Crippen molar-refractivity contribution >= 4 is 6.03 Å². The minimum Gasteiger partial charge on any atom is -0.493 e. The van der Waals surface area contributed by atoms with Crippen molar-refractivity contribution in [3.8, 4) is 5.75 Å². The van der Waals surface area contributed by atoms with Crippen LogP contribution in [0.25, 0.3) is 0 Å². The third-order valence-electron chi connectivity index (χ3n) is 4.46. The fourth-order valence-corrected chi connectivity index (χ4v) is 2.83. The summed E-state index contributed by atoms with van der Waals surface area (Å²) in [4.78, 5) is 18.3. The molecular formula is C19H23N3O2. The monoisotopic (exact) mass is 325 g/mol. The van der Waals surface area contributed by atoms with E-state index in [2.05, 4.69) is 22.4 Å². The van der Waals surface area contributed by atoms with Crippen LogP contribution in [0.2, 0.25) is 0 Å². The van der Waals surface area contributed by atoms with Gasteiger partial charge in [-0.05, 0) is 42.7 Å². The van der Waals surface area contributed by atoms with E-state index in [1.54, 1.807) is 18.1 Å². The number of benzene rings is 1. The molecule has 5 heteroatoms. The number of urea groups is 1. The van der Waals surface area contributed by atoms with Crippen molar-refractivity contribution < 1.29 is 9.53 Å². The van der Waals surface area contributed by atoms with Crippen molar-refractivity contribution in [3.63, 3.8) is 0 Å². The van der Waals surface area contributed by atoms with E-state index in [0.29, 0.717) is 6.54 Å². The molecule has 1 aliphatic rings. The highest BCUT2D eigenvalue weighted by atomic mass is 16.5. The number of rotatable bonds is 5. The maximum atomic E-state index is 12.3. The average molecular weight is 325 g/mol. The smallest absolute Gasteiger partial charge is 0.317 e. The van der Waals surface area contributed by atoms with Crippen LogP contribution in [0.3, 0.4) is 0 Å². The van der Waals surface area contributed by atoms with E-state index in [1.165, 1.54) is 11.1 Å². The van der Waals surface area contributed by atoms with Gasteiger partial charge >= 0.3 is 6.03 Å². The summed E-state index contributed by atoms with van der Waals surface area (Å²) in [6.07, 6.45) is 3.53. The Morgan fingerprint density at radius 3 is 3.04 bits per heavy atom. The summed E-state index contributed by atoms with van der Waals surface area (Å²) in [6, 6.07) is 11.8. The fourth-order valence-electron chi connectivity index (χ4n) is 2.83. The van der Waals surface area contributed by atoms with Gasteiger partial charge in [-0.15, -0.1) is 0 Å². The van der Waals surface area contributed by atoms with Crippen LogP contribution in [0.15, 0.2) is 42.6 Å². The molecule has 1 unspecified atom stereocenters. The molecule has 0 aliphatic carbocycles. The Kier molecular flexibility index (Phi) is 4.99. The molecule has 5 nitrogen and oxygen atoms in total. The van der Waals surface area contributed by atoms with Crippen LogP contribution in [-0.4, -0.2) is 36.1 Å². The first-order valence-electron chi connectivity index (χ1n) is 8.31. The molecular weight excluding hydrogens is 302 g/mol. The maximum absolute atomic E-state index is 12.3. The van der Waals surface area contributed by atoms with Gasteiger partial charge in [-0.25, -0.2) is 4.79 Å². The number of hydrogen-bond acceptors (Lipinski definition) is 3. The first-order chi connectivity index (χ1) is 11.6. The summed E-state index contributed by atoms with van der Waals surface area (Å²) in [5.41, 5.74) is 3.37. The SMILES string of the molecule is CC(c1ccccn1)N(C)C(=O)NCCc1ccc2c(c1)CCO2. The van der Waals surface area contributed by atoms with Crippen molar-refractivity contribution in [2.75, 3.05) is 20.2 Å². The van der Waals surface area contributed by atoms with Crippen molar-refractivity contribution in [2.24, 2.45) is 0 Å². The average Bonchev–Trinajstić information content (AvgIpc) is 3.09. The Morgan fingerprint density at radius 1 is 1.38 bits per heavy atom. The molecule has 24 heavy (non-hydrogen) atoms. The Morgan fingerprint density at radius 2 is 2.25 bits per heavy atom. The molecule has 0 bridgehead atoms. The van der Waals surface area contributed by atoms with E-state index in [4.69, 9.17) is 4.74 Å². The van der Waals surface area contributed by atoms with Gasteiger partial charge in [0, 0.05) is 26.2 Å². The first kappa shape index (κ1) is 16.3. The lowest BCUT2D eigenvalue weighted by Crippen LogP contribution is -2.39. The lowest BCUT2D eigenvalue weighted by molar-refractivity contribution is 0.193. The molecule has 1 aromatic carbocycles. The zero-order chi connectivity index (χ0) is 16.9. The second kappa shape index (κ2) is 7.34. The van der Waals surface area contributed by atoms with E-state index in [1.807, 2.05) is 31.2 Å². The van der Waals surface area contributed by atoms with Crippen molar-refractivity contribution in [3.05, 3.63) is 59.4 Å². The molecule has 0 saturated heterocycles. The fraction of sp³-hybridized carbons (Fsp3) is 0.368. The molecule has 0 spiro atoms. The lowest BCUT2D eigenvalue weighted by Gasteiger charge is -2.24. The molecule has 3 rings (SSSR count). The summed E-state index contributed by atoms with van der Waals surface area (Å²) in [5, 5.41) is 2.98. The first-order valence-corrected chi connectivity index (χ1v) is 8.31. The predicted octanol–water partition coefficient (Wildman–Crippen LogP) is 2.96. The second-order valence-electron chi connectivity index (χ2n) is 6.06. The normalized spacial score (nSPS) is 13.8. The lowest BCUT2D eigenvalue weighted by atomic mass is 10.1. The van der Waals surface area contributed by atoms with E-state index in [0.717, 1.165) is 30.9 Å². The van der Waals surface area contributed by atoms with Gasteiger partial charge in [0.05, 0.1) is 18.3 Å². The van der Waals surface area contributed by atoms with E-state index in [9.17, 15) is 4.79 Å². The molecule has 0 radical (unpaired) electrons. The van der Waals surface area contributed by atoms with Crippen LogP contribution in [-0.2, 0) is 12.8 Å². The van der Waals surface area contributed by atoms with Gasteiger partial charge in [-0.3, -0.25) is 4.98 Å². The number of carbonyl (C=O) groups excluding carboxylic acids is 1. The molecule has 1 N–H and O–H groups in total. The molecule has 1 atom stereocenters. The number of aromatic nitrogens is 1. The number of amides is 2. The topological polar surface area (TPSA) is 54.5 Å². The number of nitrogens with zero attached hydrogens (tertiary/aromatic N) is 2. The molecule has 2 heterocycles. The highest BCUT2D eigenvalue weighted by Gasteiger charge is 2.18. The molecule has 2 amide bonds. The van der Waals surface area contributed by atoms with E-state index in [-0.39, 0.29) is 12.1 Å². The largest absolute Gasteiger partial charge is 0.493 e. The zero-order valence-corrected chi connectivity index (χ0v) is 14.2. The Balaban J connectivity index is 1.50. The minimum absolute atomic E-state index is 0.0663. The van der Waals surface area contributed by atoms with Gasteiger partial charge in [-0.2, -0.15) is 0 Å². The van der Waals surface area contributed by atoms with Crippen molar-refractivity contribution in [2.45, 2.75) is 25.8 Å². The van der Waals surface area contributed by atoms with Gasteiger partial charge in [0.2, 0.25) is 0 Å². The van der Waals surface area contributed by atoms with Crippen molar-refractivity contribution in [1.29, 1.82) is 0 Å². The number of hydrogen-bond donors (Lipinski definition) is 1. The van der Waals surface area contributed by atoms with E-state index >= 15 is 0 Å². The molecule has 1 aromatic heterocycles. The summed E-state index contributed by atoms with van der Waals surface area (Å²) < 4.78 is 5.51. The third kappa shape index (κ3) is 3.67. The standard InChI is InChI=1S/C19H23N3O2/c1-14(17-5-3-4-10-20-17)22(2)19(23)21-11-8-15-6-7-18-16(13-15)9-12-24-18/h3-7,10,13-14H,8-9,11-12H2,1-2H3,(H,21,23). The number of ether oxygens (including phenoxy) is 1. The number of carbonyl (C=O) groups is 1. The summed E-state index contributed by atoms with van der Waals surface area (Å²) in [7, 11) is 1.79. The van der Waals surface area contributed by atoms with Crippen LogP contribution in [0.5, 0.6) is 5.75 Å². The molecule has 2 aromatic rings. The van der Waals surface area contributed by atoms with Gasteiger partial charge < -0.3 is 15.0 Å². The minimum atomic E-state index is -0.0855.